The second-order valence-corrected chi connectivity index (χ2v) is 6.33. The van der Waals surface area contributed by atoms with Crippen LogP contribution in [0.2, 0.25) is 0 Å². The van der Waals surface area contributed by atoms with Crippen LogP contribution >= 0.6 is 11.8 Å². The summed E-state index contributed by atoms with van der Waals surface area (Å²) in [6.07, 6.45) is 2.73. The molecule has 0 spiro atoms. The maximum Gasteiger partial charge on any atom is 0.239 e. The summed E-state index contributed by atoms with van der Waals surface area (Å²) in [5.74, 6) is 1.81. The van der Waals surface area contributed by atoms with Crippen LogP contribution in [0.3, 0.4) is 0 Å². The summed E-state index contributed by atoms with van der Waals surface area (Å²) in [6, 6.07) is 3.70. The SMILES string of the molecule is COc1c(C)cc(CN(C)C(=O)[C@@H](N)CCSC)cc1C. The maximum absolute atomic E-state index is 12.2. The Kier molecular flexibility index (Phi) is 7.05. The van der Waals surface area contributed by atoms with Crippen molar-refractivity contribution in [3.05, 3.63) is 28.8 Å². The Hall–Kier alpha value is -1.20. The molecule has 5 heteroatoms. The molecule has 0 aliphatic carbocycles. The van der Waals surface area contributed by atoms with Crippen LogP contribution in [0.25, 0.3) is 0 Å². The number of nitrogens with two attached hydrogens (primary N) is 1. The van der Waals surface area contributed by atoms with Gasteiger partial charge in [0.1, 0.15) is 5.75 Å². The highest BCUT2D eigenvalue weighted by atomic mass is 32.2. The Morgan fingerprint density at radius 1 is 1.38 bits per heavy atom. The molecule has 1 aromatic carbocycles. The number of likely N-dealkylation sites (N-methyl/N-ethyl adjacent to an activating group) is 1. The molecule has 0 unspecified atom stereocenters. The van der Waals surface area contributed by atoms with Crippen molar-refractivity contribution < 1.29 is 9.53 Å². The average molecular weight is 310 g/mol. The largest absolute Gasteiger partial charge is 0.496 e. The maximum atomic E-state index is 12.2. The Bertz CT molecular complexity index is 468. The summed E-state index contributed by atoms with van der Waals surface area (Å²) >= 11 is 1.71. The van der Waals surface area contributed by atoms with E-state index in [2.05, 4.69) is 12.1 Å². The molecule has 1 aromatic rings. The minimum Gasteiger partial charge on any atom is -0.496 e. The highest BCUT2D eigenvalue weighted by molar-refractivity contribution is 7.98. The van der Waals surface area contributed by atoms with Crippen molar-refractivity contribution in [3.63, 3.8) is 0 Å². The monoisotopic (exact) mass is 310 g/mol. The summed E-state index contributed by atoms with van der Waals surface area (Å²) < 4.78 is 5.36. The van der Waals surface area contributed by atoms with Gasteiger partial charge in [0.2, 0.25) is 5.91 Å². The Labute approximate surface area is 132 Å². The van der Waals surface area contributed by atoms with Crippen LogP contribution in [0, 0.1) is 13.8 Å². The minimum atomic E-state index is -0.414. The number of rotatable bonds is 7. The second-order valence-electron chi connectivity index (χ2n) is 5.35. The van der Waals surface area contributed by atoms with Gasteiger partial charge >= 0.3 is 0 Å². The van der Waals surface area contributed by atoms with Crippen LogP contribution in [0.15, 0.2) is 12.1 Å². The van der Waals surface area contributed by atoms with E-state index in [9.17, 15) is 4.79 Å². The molecule has 0 aliphatic rings. The average Bonchev–Trinajstić information content (AvgIpc) is 2.43. The van der Waals surface area contributed by atoms with Gasteiger partial charge in [0.05, 0.1) is 13.2 Å². The van der Waals surface area contributed by atoms with E-state index in [1.807, 2.05) is 20.1 Å². The standard InChI is InChI=1S/C16H26N2O2S/c1-11-8-13(9-12(2)15(11)20-4)10-18(3)16(19)14(17)6-7-21-5/h8-9,14H,6-7,10,17H2,1-5H3/t14-/m0/s1. The molecule has 0 bridgehead atoms. The molecule has 21 heavy (non-hydrogen) atoms. The van der Waals surface area contributed by atoms with Gasteiger partial charge in [-0.1, -0.05) is 12.1 Å². The molecular weight excluding hydrogens is 284 g/mol. The number of carbonyl (C=O) groups excluding carboxylic acids is 1. The van der Waals surface area contributed by atoms with Gasteiger partial charge in [-0.25, -0.2) is 0 Å². The zero-order valence-corrected chi connectivity index (χ0v) is 14.4. The quantitative estimate of drug-likeness (QED) is 0.840. The third kappa shape index (κ3) is 4.93. The first kappa shape index (κ1) is 17.9. The van der Waals surface area contributed by atoms with Crippen LogP contribution in [-0.2, 0) is 11.3 Å². The Morgan fingerprint density at radius 3 is 2.43 bits per heavy atom. The molecule has 1 amide bonds. The zero-order valence-electron chi connectivity index (χ0n) is 13.6. The normalized spacial score (nSPS) is 12.1. The van der Waals surface area contributed by atoms with Crippen LogP contribution in [0.1, 0.15) is 23.1 Å². The van der Waals surface area contributed by atoms with E-state index in [0.717, 1.165) is 28.2 Å². The molecule has 0 saturated carbocycles. The number of methoxy groups -OCH3 is 1. The van der Waals surface area contributed by atoms with Crippen molar-refractivity contribution in [2.45, 2.75) is 32.9 Å². The number of ether oxygens (including phenoxy) is 1. The number of aryl methyl sites for hydroxylation is 2. The van der Waals surface area contributed by atoms with E-state index in [0.29, 0.717) is 13.0 Å². The lowest BCUT2D eigenvalue weighted by Gasteiger charge is -2.22. The fourth-order valence-electron chi connectivity index (χ4n) is 2.46. The van der Waals surface area contributed by atoms with Crippen LogP contribution < -0.4 is 10.5 Å². The molecule has 0 fully saturated rings. The van der Waals surface area contributed by atoms with Gasteiger partial charge in [-0.2, -0.15) is 11.8 Å². The van der Waals surface area contributed by atoms with Gasteiger partial charge in [-0.3, -0.25) is 4.79 Å². The fourth-order valence-corrected chi connectivity index (χ4v) is 2.95. The summed E-state index contributed by atoms with van der Waals surface area (Å²) in [4.78, 5) is 13.9. The topological polar surface area (TPSA) is 55.6 Å². The van der Waals surface area contributed by atoms with E-state index in [1.54, 1.807) is 30.8 Å². The highest BCUT2D eigenvalue weighted by Gasteiger charge is 2.18. The number of nitrogens with zero attached hydrogens (tertiary/aromatic N) is 1. The predicted molar refractivity (Wildman–Crippen MR) is 89.9 cm³/mol. The van der Waals surface area contributed by atoms with E-state index in [-0.39, 0.29) is 5.91 Å². The second kappa shape index (κ2) is 8.29. The van der Waals surface area contributed by atoms with Crippen molar-refractivity contribution in [1.29, 1.82) is 0 Å². The van der Waals surface area contributed by atoms with Crippen molar-refractivity contribution in [2.75, 3.05) is 26.2 Å². The molecule has 1 atom stereocenters. The summed E-state index contributed by atoms with van der Waals surface area (Å²) in [6.45, 7) is 4.60. The summed E-state index contributed by atoms with van der Waals surface area (Å²) in [7, 11) is 3.48. The van der Waals surface area contributed by atoms with Gasteiger partial charge in [0, 0.05) is 13.6 Å². The number of hydrogen-bond acceptors (Lipinski definition) is 4. The smallest absolute Gasteiger partial charge is 0.239 e. The molecule has 0 radical (unpaired) electrons. The van der Waals surface area contributed by atoms with Gasteiger partial charge in [0.15, 0.2) is 0 Å². The molecule has 0 saturated heterocycles. The predicted octanol–water partition coefficient (Wildman–Crippen LogP) is 2.35. The van der Waals surface area contributed by atoms with E-state index in [1.165, 1.54) is 0 Å². The molecular formula is C16H26N2O2S. The number of thioether (sulfide) groups is 1. The zero-order chi connectivity index (χ0) is 16.0. The van der Waals surface area contributed by atoms with Crippen LogP contribution in [-0.4, -0.2) is 43.0 Å². The minimum absolute atomic E-state index is 0.00447. The third-order valence-corrected chi connectivity index (χ3v) is 4.11. The van der Waals surface area contributed by atoms with Crippen molar-refractivity contribution >= 4 is 17.7 Å². The molecule has 1 rings (SSSR count). The highest BCUT2D eigenvalue weighted by Crippen LogP contribution is 2.24. The Balaban J connectivity index is 2.74. The van der Waals surface area contributed by atoms with Crippen LogP contribution in [0.5, 0.6) is 5.75 Å². The summed E-state index contributed by atoms with van der Waals surface area (Å²) in [5.41, 5.74) is 9.20. The third-order valence-electron chi connectivity index (χ3n) is 3.47. The first-order valence-corrected chi connectivity index (χ1v) is 8.43. The van der Waals surface area contributed by atoms with E-state index in [4.69, 9.17) is 10.5 Å². The number of carbonyl (C=O) groups is 1. The Morgan fingerprint density at radius 2 is 1.95 bits per heavy atom. The van der Waals surface area contributed by atoms with E-state index < -0.39 is 6.04 Å². The molecule has 118 valence electrons. The van der Waals surface area contributed by atoms with Crippen molar-refractivity contribution in [3.8, 4) is 5.75 Å². The fraction of sp³-hybridized carbons (Fsp3) is 0.562. The van der Waals surface area contributed by atoms with Gasteiger partial charge in [-0.05, 0) is 49.0 Å². The lowest BCUT2D eigenvalue weighted by atomic mass is 10.0. The first-order chi connectivity index (χ1) is 9.90. The number of benzene rings is 1. The molecule has 0 aliphatic heterocycles. The molecule has 4 nitrogen and oxygen atoms in total. The lowest BCUT2D eigenvalue weighted by molar-refractivity contribution is -0.131. The lowest BCUT2D eigenvalue weighted by Crippen LogP contribution is -2.41. The summed E-state index contributed by atoms with van der Waals surface area (Å²) in [5, 5.41) is 0. The van der Waals surface area contributed by atoms with E-state index >= 15 is 0 Å². The molecule has 0 aromatic heterocycles. The van der Waals surface area contributed by atoms with Crippen molar-refractivity contribution in [1.82, 2.24) is 4.90 Å². The number of hydrogen-bond donors (Lipinski definition) is 1. The van der Waals surface area contributed by atoms with Gasteiger partial charge < -0.3 is 15.4 Å². The number of amides is 1. The molecule has 0 heterocycles. The molecule has 2 N–H and O–H groups in total. The van der Waals surface area contributed by atoms with Gasteiger partial charge in [-0.15, -0.1) is 0 Å². The van der Waals surface area contributed by atoms with Crippen LogP contribution in [0.4, 0.5) is 0 Å². The van der Waals surface area contributed by atoms with Crippen molar-refractivity contribution in [2.24, 2.45) is 5.73 Å². The van der Waals surface area contributed by atoms with Gasteiger partial charge in [0.25, 0.3) is 0 Å². The first-order valence-electron chi connectivity index (χ1n) is 7.04.